The molecule has 0 bridgehead atoms. The molecule has 1 heterocycles. The summed E-state index contributed by atoms with van der Waals surface area (Å²) >= 11 is 1.78. The second-order valence-electron chi connectivity index (χ2n) is 4.24. The van der Waals surface area contributed by atoms with Gasteiger partial charge < -0.3 is 4.57 Å². The number of imidazole rings is 1. The van der Waals surface area contributed by atoms with Crippen molar-refractivity contribution in [2.45, 2.75) is 17.9 Å². The molecule has 0 spiro atoms. The zero-order valence-electron chi connectivity index (χ0n) is 10.6. The summed E-state index contributed by atoms with van der Waals surface area (Å²) < 4.78 is 1.99. The topological polar surface area (TPSA) is 55.9 Å². The fourth-order valence-corrected chi connectivity index (χ4v) is 2.84. The molecule has 5 heteroatoms. The minimum atomic E-state index is 0.0514. The van der Waals surface area contributed by atoms with E-state index in [1.54, 1.807) is 18.0 Å². The Kier molecular flexibility index (Phi) is 4.41. The van der Waals surface area contributed by atoms with E-state index in [0.29, 0.717) is 0 Å². The molecule has 0 saturated heterocycles. The smallest absolute Gasteiger partial charge is 0.127 e. The molecule has 0 amide bonds. The Labute approximate surface area is 112 Å². The first-order chi connectivity index (χ1) is 8.70. The molecule has 1 atom stereocenters. The molecule has 0 aliphatic carbocycles. The summed E-state index contributed by atoms with van der Waals surface area (Å²) in [4.78, 5) is 5.58. The quantitative estimate of drug-likeness (QED) is 0.492. The van der Waals surface area contributed by atoms with Gasteiger partial charge in [0.25, 0.3) is 0 Å². The highest BCUT2D eigenvalue weighted by Crippen LogP contribution is 2.24. The van der Waals surface area contributed by atoms with Crippen LogP contribution in [0.5, 0.6) is 0 Å². The van der Waals surface area contributed by atoms with Gasteiger partial charge >= 0.3 is 0 Å². The lowest BCUT2D eigenvalue weighted by Crippen LogP contribution is -2.31. The summed E-state index contributed by atoms with van der Waals surface area (Å²) in [6, 6.07) is 8.51. The summed E-state index contributed by atoms with van der Waals surface area (Å²) in [6.07, 6.45) is 3.72. The fraction of sp³-hybridized carbons (Fsp3) is 0.308. The van der Waals surface area contributed by atoms with Crippen molar-refractivity contribution in [3.8, 4) is 0 Å². The van der Waals surface area contributed by atoms with Crippen LogP contribution in [0, 0.1) is 6.92 Å². The maximum atomic E-state index is 5.61. The molecule has 2 rings (SSSR count). The third kappa shape index (κ3) is 3.13. The number of benzene rings is 1. The average molecular weight is 262 g/mol. The lowest BCUT2D eigenvalue weighted by atomic mass is 10.2. The molecule has 0 aliphatic heterocycles. The van der Waals surface area contributed by atoms with Crippen molar-refractivity contribution in [1.29, 1.82) is 0 Å². The summed E-state index contributed by atoms with van der Waals surface area (Å²) in [5.74, 6) is 7.42. The van der Waals surface area contributed by atoms with E-state index in [2.05, 4.69) is 41.6 Å². The van der Waals surface area contributed by atoms with Crippen LogP contribution in [-0.4, -0.2) is 15.3 Å². The van der Waals surface area contributed by atoms with Crippen molar-refractivity contribution < 1.29 is 0 Å². The molecule has 96 valence electrons. The third-order valence-electron chi connectivity index (χ3n) is 2.78. The molecule has 0 saturated carbocycles. The zero-order valence-corrected chi connectivity index (χ0v) is 11.4. The first-order valence-corrected chi connectivity index (χ1v) is 6.82. The van der Waals surface area contributed by atoms with E-state index in [9.17, 15) is 0 Å². The van der Waals surface area contributed by atoms with E-state index in [4.69, 9.17) is 5.84 Å². The molecule has 3 N–H and O–H groups in total. The van der Waals surface area contributed by atoms with Crippen LogP contribution in [0.15, 0.2) is 41.6 Å². The number of aryl methyl sites for hydroxylation is 2. The number of hydrogen-bond donors (Lipinski definition) is 2. The number of hydrazine groups is 1. The van der Waals surface area contributed by atoms with Gasteiger partial charge in [-0.15, -0.1) is 11.8 Å². The normalized spacial score (nSPS) is 12.6. The van der Waals surface area contributed by atoms with Crippen LogP contribution in [0.1, 0.15) is 17.4 Å². The molecule has 1 aromatic carbocycles. The number of thioether (sulfide) groups is 1. The molecule has 18 heavy (non-hydrogen) atoms. The van der Waals surface area contributed by atoms with Crippen LogP contribution in [0.2, 0.25) is 0 Å². The molecule has 0 radical (unpaired) electrons. The van der Waals surface area contributed by atoms with Crippen LogP contribution in [0.25, 0.3) is 0 Å². The Morgan fingerprint density at radius 3 is 2.94 bits per heavy atom. The predicted octanol–water partition coefficient (Wildman–Crippen LogP) is 2.03. The highest BCUT2D eigenvalue weighted by molar-refractivity contribution is 7.99. The van der Waals surface area contributed by atoms with Crippen molar-refractivity contribution in [3.05, 3.63) is 48.0 Å². The Hall–Kier alpha value is -1.30. The molecule has 4 nitrogen and oxygen atoms in total. The van der Waals surface area contributed by atoms with E-state index in [-0.39, 0.29) is 6.04 Å². The van der Waals surface area contributed by atoms with Gasteiger partial charge in [-0.1, -0.05) is 17.7 Å². The minimum Gasteiger partial charge on any atom is -0.337 e. The number of aromatic nitrogens is 2. The SMILES string of the molecule is Cc1cccc(SCC(NN)c2nccn2C)c1. The monoisotopic (exact) mass is 262 g/mol. The van der Waals surface area contributed by atoms with Gasteiger partial charge in [-0.25, -0.2) is 10.4 Å². The highest BCUT2D eigenvalue weighted by Gasteiger charge is 2.14. The van der Waals surface area contributed by atoms with Crippen molar-refractivity contribution in [2.24, 2.45) is 12.9 Å². The van der Waals surface area contributed by atoms with Gasteiger partial charge in [0, 0.05) is 30.1 Å². The van der Waals surface area contributed by atoms with Crippen molar-refractivity contribution >= 4 is 11.8 Å². The Balaban J connectivity index is 2.02. The Bertz CT molecular complexity index is 509. The van der Waals surface area contributed by atoms with Crippen LogP contribution in [0.3, 0.4) is 0 Å². The second kappa shape index (κ2) is 6.04. The van der Waals surface area contributed by atoms with Crippen LogP contribution in [0.4, 0.5) is 0 Å². The molecular weight excluding hydrogens is 244 g/mol. The second-order valence-corrected chi connectivity index (χ2v) is 5.34. The summed E-state index contributed by atoms with van der Waals surface area (Å²) in [5, 5.41) is 0. The molecular formula is C13H18N4S. The van der Waals surface area contributed by atoms with Gasteiger partial charge in [-0.2, -0.15) is 0 Å². The van der Waals surface area contributed by atoms with Gasteiger partial charge in [0.2, 0.25) is 0 Å². The van der Waals surface area contributed by atoms with Crippen LogP contribution < -0.4 is 11.3 Å². The Morgan fingerprint density at radius 2 is 2.33 bits per heavy atom. The maximum Gasteiger partial charge on any atom is 0.127 e. The van der Waals surface area contributed by atoms with E-state index in [1.165, 1.54) is 10.5 Å². The lowest BCUT2D eigenvalue weighted by molar-refractivity contribution is 0.557. The number of nitrogens with zero attached hydrogens (tertiary/aromatic N) is 2. The van der Waals surface area contributed by atoms with Gasteiger partial charge in [-0.3, -0.25) is 5.84 Å². The van der Waals surface area contributed by atoms with Crippen LogP contribution in [-0.2, 0) is 7.05 Å². The summed E-state index contributed by atoms with van der Waals surface area (Å²) in [5.41, 5.74) is 4.10. The zero-order chi connectivity index (χ0) is 13.0. The standard InChI is InChI=1S/C13H18N4S/c1-10-4-3-5-11(8-10)18-9-12(16-14)13-15-6-7-17(13)2/h3-8,12,16H,9,14H2,1-2H3. The molecule has 0 aliphatic rings. The van der Waals surface area contributed by atoms with Gasteiger partial charge in [0.15, 0.2) is 0 Å². The van der Waals surface area contributed by atoms with E-state index in [1.807, 2.05) is 17.8 Å². The number of hydrogen-bond acceptors (Lipinski definition) is 4. The lowest BCUT2D eigenvalue weighted by Gasteiger charge is -2.15. The fourth-order valence-electron chi connectivity index (χ4n) is 1.79. The number of nitrogens with two attached hydrogens (primary N) is 1. The largest absolute Gasteiger partial charge is 0.337 e. The average Bonchev–Trinajstić information content (AvgIpc) is 2.77. The third-order valence-corrected chi connectivity index (χ3v) is 3.86. The van der Waals surface area contributed by atoms with E-state index >= 15 is 0 Å². The van der Waals surface area contributed by atoms with Gasteiger partial charge in [-0.05, 0) is 19.1 Å². The molecule has 2 aromatic rings. The summed E-state index contributed by atoms with van der Waals surface area (Å²) in [6.45, 7) is 2.10. The minimum absolute atomic E-state index is 0.0514. The number of rotatable bonds is 5. The van der Waals surface area contributed by atoms with E-state index in [0.717, 1.165) is 11.6 Å². The first-order valence-electron chi connectivity index (χ1n) is 5.83. The molecule has 1 aromatic heterocycles. The van der Waals surface area contributed by atoms with Gasteiger partial charge in [0.05, 0.1) is 6.04 Å². The van der Waals surface area contributed by atoms with Crippen molar-refractivity contribution in [3.63, 3.8) is 0 Å². The van der Waals surface area contributed by atoms with Gasteiger partial charge in [0.1, 0.15) is 5.82 Å². The van der Waals surface area contributed by atoms with E-state index < -0.39 is 0 Å². The maximum absolute atomic E-state index is 5.61. The first kappa shape index (κ1) is 13.1. The molecule has 1 unspecified atom stereocenters. The van der Waals surface area contributed by atoms with Crippen molar-refractivity contribution in [2.75, 3.05) is 5.75 Å². The van der Waals surface area contributed by atoms with Crippen LogP contribution >= 0.6 is 11.8 Å². The summed E-state index contributed by atoms with van der Waals surface area (Å²) in [7, 11) is 1.98. The predicted molar refractivity (Wildman–Crippen MR) is 75.2 cm³/mol. The number of nitrogens with one attached hydrogen (secondary N) is 1. The molecule has 0 fully saturated rings. The Morgan fingerprint density at radius 1 is 1.50 bits per heavy atom. The highest BCUT2D eigenvalue weighted by atomic mass is 32.2. The van der Waals surface area contributed by atoms with Crippen molar-refractivity contribution in [1.82, 2.24) is 15.0 Å².